The number of thiophene rings is 1. The van der Waals surface area contributed by atoms with Crippen molar-refractivity contribution >= 4 is 34.5 Å². The van der Waals surface area contributed by atoms with E-state index in [9.17, 15) is 4.79 Å². The van der Waals surface area contributed by atoms with Gasteiger partial charge in [0.2, 0.25) is 0 Å². The second-order valence-corrected chi connectivity index (χ2v) is 7.11. The fourth-order valence-corrected chi connectivity index (χ4v) is 4.32. The molecule has 1 aromatic rings. The molecule has 2 aliphatic rings. The molecule has 0 atom stereocenters. The van der Waals surface area contributed by atoms with Gasteiger partial charge in [-0.25, -0.2) is 0 Å². The van der Waals surface area contributed by atoms with E-state index in [0.717, 1.165) is 43.9 Å². The van der Waals surface area contributed by atoms with Gasteiger partial charge >= 0.3 is 0 Å². The van der Waals surface area contributed by atoms with E-state index in [-0.39, 0.29) is 5.91 Å². The van der Waals surface area contributed by atoms with Crippen molar-refractivity contribution in [2.24, 2.45) is 5.73 Å². The summed E-state index contributed by atoms with van der Waals surface area (Å²) in [5, 5.41) is 0. The van der Waals surface area contributed by atoms with Gasteiger partial charge in [-0.1, -0.05) is 12.2 Å². The number of thiocarbonyl (C=S) groups is 1. The number of nitrogens with zero attached hydrogens (tertiary/aromatic N) is 2. The minimum atomic E-state index is 0.194. The van der Waals surface area contributed by atoms with Crippen LogP contribution in [-0.2, 0) is 12.8 Å². The molecule has 20 heavy (non-hydrogen) atoms. The van der Waals surface area contributed by atoms with Crippen molar-refractivity contribution in [1.82, 2.24) is 9.80 Å². The summed E-state index contributed by atoms with van der Waals surface area (Å²) in [5.74, 6) is 0.194. The van der Waals surface area contributed by atoms with Crippen LogP contribution in [0.15, 0.2) is 6.07 Å². The molecule has 1 saturated heterocycles. The summed E-state index contributed by atoms with van der Waals surface area (Å²) >= 11 is 6.62. The van der Waals surface area contributed by atoms with E-state index in [1.54, 1.807) is 11.3 Å². The molecule has 6 heteroatoms. The topological polar surface area (TPSA) is 49.6 Å². The lowest BCUT2D eigenvalue weighted by atomic mass is 10.2. The number of carbonyl (C=O) groups is 1. The molecule has 0 spiro atoms. The van der Waals surface area contributed by atoms with Crippen molar-refractivity contribution in [3.8, 4) is 0 Å². The van der Waals surface area contributed by atoms with Gasteiger partial charge in [0.25, 0.3) is 5.91 Å². The van der Waals surface area contributed by atoms with E-state index >= 15 is 0 Å². The number of piperazine rings is 1. The summed E-state index contributed by atoms with van der Waals surface area (Å²) in [6, 6.07) is 2.11. The van der Waals surface area contributed by atoms with Gasteiger partial charge in [0.05, 0.1) is 9.87 Å². The van der Waals surface area contributed by atoms with Crippen LogP contribution in [0.2, 0.25) is 0 Å². The van der Waals surface area contributed by atoms with E-state index < -0.39 is 0 Å². The molecule has 1 aliphatic heterocycles. The molecule has 1 amide bonds. The Kier molecular flexibility index (Phi) is 4.05. The summed E-state index contributed by atoms with van der Waals surface area (Å²) in [6.45, 7) is 3.90. The normalized spacial score (nSPS) is 19.1. The summed E-state index contributed by atoms with van der Waals surface area (Å²) in [5.41, 5.74) is 6.95. The highest BCUT2D eigenvalue weighted by Gasteiger charge is 2.25. The number of carbonyl (C=O) groups excluding carboxylic acids is 1. The lowest BCUT2D eigenvalue weighted by Gasteiger charge is -2.34. The lowest BCUT2D eigenvalue weighted by molar-refractivity contribution is 0.0659. The molecular formula is C14H19N3OS2. The molecule has 0 saturated carbocycles. The van der Waals surface area contributed by atoms with Gasteiger partial charge in [0.1, 0.15) is 0 Å². The summed E-state index contributed by atoms with van der Waals surface area (Å²) in [4.78, 5) is 19.5. The zero-order chi connectivity index (χ0) is 14.1. The fraction of sp³-hybridized carbons (Fsp3) is 0.571. The van der Waals surface area contributed by atoms with E-state index in [1.807, 2.05) is 4.90 Å². The molecule has 2 heterocycles. The summed E-state index contributed by atoms with van der Waals surface area (Å²) in [7, 11) is 0. The third kappa shape index (κ3) is 2.87. The van der Waals surface area contributed by atoms with Crippen molar-refractivity contribution in [1.29, 1.82) is 0 Å². The van der Waals surface area contributed by atoms with Crippen molar-refractivity contribution in [3.63, 3.8) is 0 Å². The number of fused-ring (bicyclic) bond motifs is 1. The second-order valence-electron chi connectivity index (χ2n) is 5.45. The van der Waals surface area contributed by atoms with Crippen molar-refractivity contribution in [2.45, 2.75) is 19.3 Å². The molecule has 0 bridgehead atoms. The quantitative estimate of drug-likeness (QED) is 0.855. The average Bonchev–Trinajstić information content (AvgIpc) is 2.98. The Hall–Kier alpha value is -0.980. The number of nitrogens with two attached hydrogens (primary N) is 1. The maximum Gasteiger partial charge on any atom is 0.264 e. The molecule has 0 aromatic carbocycles. The molecule has 0 unspecified atom stereocenters. The van der Waals surface area contributed by atoms with Crippen LogP contribution in [0.5, 0.6) is 0 Å². The Morgan fingerprint density at radius 1 is 1.30 bits per heavy atom. The van der Waals surface area contributed by atoms with Crippen LogP contribution in [0.4, 0.5) is 0 Å². The standard InChI is InChI=1S/C14H19N3OS2/c15-13(19)9-16-4-6-17(7-5-16)14(18)12-8-10-2-1-3-11(10)20-12/h8H,1-7,9H2,(H2,15,19). The molecule has 1 aliphatic carbocycles. The van der Waals surface area contributed by atoms with Gasteiger partial charge in [0.15, 0.2) is 0 Å². The zero-order valence-electron chi connectivity index (χ0n) is 11.4. The third-order valence-electron chi connectivity index (χ3n) is 4.00. The molecule has 4 nitrogen and oxygen atoms in total. The van der Waals surface area contributed by atoms with Gasteiger partial charge in [0, 0.05) is 37.6 Å². The molecule has 1 aromatic heterocycles. The smallest absolute Gasteiger partial charge is 0.264 e. The van der Waals surface area contributed by atoms with Crippen LogP contribution < -0.4 is 5.73 Å². The third-order valence-corrected chi connectivity index (χ3v) is 5.35. The number of aryl methyl sites for hydroxylation is 2. The van der Waals surface area contributed by atoms with Gasteiger partial charge in [-0.05, 0) is 30.9 Å². The van der Waals surface area contributed by atoms with Gasteiger partial charge in [-0.3, -0.25) is 9.69 Å². The van der Waals surface area contributed by atoms with Gasteiger partial charge in [-0.15, -0.1) is 11.3 Å². The Morgan fingerprint density at radius 3 is 2.70 bits per heavy atom. The molecule has 1 fully saturated rings. The number of rotatable bonds is 3. The molecule has 2 N–H and O–H groups in total. The minimum absolute atomic E-state index is 0.194. The first-order chi connectivity index (χ1) is 9.63. The number of hydrogen-bond acceptors (Lipinski definition) is 4. The van der Waals surface area contributed by atoms with Crippen molar-refractivity contribution in [3.05, 3.63) is 21.4 Å². The number of amides is 1. The van der Waals surface area contributed by atoms with Crippen LogP contribution in [0, 0.1) is 0 Å². The van der Waals surface area contributed by atoms with Crippen LogP contribution in [0.1, 0.15) is 26.5 Å². The largest absolute Gasteiger partial charge is 0.392 e. The van der Waals surface area contributed by atoms with Crippen molar-refractivity contribution in [2.75, 3.05) is 32.7 Å². The zero-order valence-corrected chi connectivity index (χ0v) is 13.1. The van der Waals surface area contributed by atoms with Gasteiger partial charge in [-0.2, -0.15) is 0 Å². The molecule has 3 rings (SSSR count). The maximum absolute atomic E-state index is 12.5. The second kappa shape index (κ2) is 5.79. The predicted octanol–water partition coefficient (Wildman–Crippen LogP) is 1.28. The van der Waals surface area contributed by atoms with Crippen molar-refractivity contribution < 1.29 is 4.79 Å². The van der Waals surface area contributed by atoms with Crippen LogP contribution >= 0.6 is 23.6 Å². The Morgan fingerprint density at radius 2 is 2.05 bits per heavy atom. The Balaban J connectivity index is 1.60. The van der Waals surface area contributed by atoms with Gasteiger partial charge < -0.3 is 10.6 Å². The highest BCUT2D eigenvalue weighted by Crippen LogP contribution is 2.31. The summed E-state index contributed by atoms with van der Waals surface area (Å²) < 4.78 is 0. The first-order valence-corrected chi connectivity index (χ1v) is 8.27. The first-order valence-electron chi connectivity index (χ1n) is 7.05. The predicted molar refractivity (Wildman–Crippen MR) is 85.5 cm³/mol. The lowest BCUT2D eigenvalue weighted by Crippen LogP contribution is -2.50. The molecular weight excluding hydrogens is 290 g/mol. The van der Waals surface area contributed by atoms with Crippen LogP contribution in [-0.4, -0.2) is 53.4 Å². The average molecular weight is 309 g/mol. The number of hydrogen-bond donors (Lipinski definition) is 1. The SMILES string of the molecule is NC(=S)CN1CCN(C(=O)c2cc3c(s2)CCC3)CC1. The van der Waals surface area contributed by atoms with Crippen LogP contribution in [0.3, 0.4) is 0 Å². The van der Waals surface area contributed by atoms with E-state index in [2.05, 4.69) is 11.0 Å². The van der Waals surface area contributed by atoms with E-state index in [4.69, 9.17) is 18.0 Å². The fourth-order valence-electron chi connectivity index (χ4n) is 2.92. The van der Waals surface area contributed by atoms with E-state index in [1.165, 1.54) is 16.9 Å². The van der Waals surface area contributed by atoms with Crippen LogP contribution in [0.25, 0.3) is 0 Å². The highest BCUT2D eigenvalue weighted by atomic mass is 32.1. The molecule has 108 valence electrons. The minimum Gasteiger partial charge on any atom is -0.392 e. The first kappa shape index (κ1) is 14.0. The Labute approximate surface area is 128 Å². The van der Waals surface area contributed by atoms with E-state index in [0.29, 0.717) is 11.5 Å². The molecule has 0 radical (unpaired) electrons. The monoisotopic (exact) mass is 309 g/mol. The Bertz CT molecular complexity index is 511. The highest BCUT2D eigenvalue weighted by molar-refractivity contribution is 7.80. The summed E-state index contributed by atoms with van der Waals surface area (Å²) in [6.07, 6.45) is 3.53. The maximum atomic E-state index is 12.5.